The quantitative estimate of drug-likeness (QED) is 0.168. The van der Waals surface area contributed by atoms with Crippen LogP contribution in [0.5, 0.6) is 0 Å². The molecule has 0 amide bonds. The zero-order valence-electron chi connectivity index (χ0n) is 20.8. The standard InChI is InChI=1S/C29H49N2/c1-4-5-6-7-8-9-10-11-12-13-14-18-23-29-30(25-26-31(29)27(2)3)24-19-22-28-20-16-15-17-21-28/h15-17,20-21,25-27H,4-14,18-19,22-24H2,1-3H3/q+1. The molecule has 0 unspecified atom stereocenters. The number of unbranched alkanes of at least 4 members (excludes halogenated alkanes) is 11. The Morgan fingerprint density at radius 3 is 1.87 bits per heavy atom. The van der Waals surface area contributed by atoms with Crippen molar-refractivity contribution in [3.05, 3.63) is 54.1 Å². The molecular formula is C29H49N2+. The highest BCUT2D eigenvalue weighted by Crippen LogP contribution is 2.14. The predicted molar refractivity (Wildman–Crippen MR) is 135 cm³/mol. The minimum atomic E-state index is 0.544. The molecule has 0 bridgehead atoms. The van der Waals surface area contributed by atoms with Gasteiger partial charge in [-0.15, -0.1) is 0 Å². The molecular weight excluding hydrogens is 376 g/mol. The van der Waals surface area contributed by atoms with Gasteiger partial charge in [-0.05, 0) is 38.7 Å². The van der Waals surface area contributed by atoms with E-state index in [9.17, 15) is 0 Å². The van der Waals surface area contributed by atoms with Gasteiger partial charge in [-0.1, -0.05) is 108 Å². The van der Waals surface area contributed by atoms with Crippen LogP contribution in [-0.2, 0) is 19.4 Å². The van der Waals surface area contributed by atoms with Gasteiger partial charge < -0.3 is 0 Å². The molecule has 1 aromatic heterocycles. The van der Waals surface area contributed by atoms with E-state index in [1.54, 1.807) is 0 Å². The first-order chi connectivity index (χ1) is 15.2. The highest BCUT2D eigenvalue weighted by atomic mass is 15.2. The topological polar surface area (TPSA) is 8.81 Å². The predicted octanol–water partition coefficient (Wildman–Crippen LogP) is 8.23. The molecule has 0 radical (unpaired) electrons. The number of aryl methyl sites for hydroxylation is 2. The Morgan fingerprint density at radius 1 is 0.710 bits per heavy atom. The molecule has 0 spiro atoms. The molecule has 1 aromatic carbocycles. The number of aromatic nitrogens is 2. The van der Waals surface area contributed by atoms with Crippen molar-refractivity contribution in [2.75, 3.05) is 0 Å². The van der Waals surface area contributed by atoms with Gasteiger partial charge in [0.2, 0.25) is 0 Å². The highest BCUT2D eigenvalue weighted by molar-refractivity contribution is 5.14. The molecule has 0 saturated heterocycles. The molecule has 0 atom stereocenters. The van der Waals surface area contributed by atoms with Crippen LogP contribution >= 0.6 is 0 Å². The first-order valence-electron chi connectivity index (χ1n) is 13.4. The zero-order chi connectivity index (χ0) is 22.2. The number of nitrogens with zero attached hydrogens (tertiary/aromatic N) is 2. The molecule has 0 aliphatic rings. The Kier molecular flexibility index (Phi) is 13.4. The van der Waals surface area contributed by atoms with Crippen LogP contribution in [0, 0.1) is 0 Å². The summed E-state index contributed by atoms with van der Waals surface area (Å²) in [5.74, 6) is 1.52. The zero-order valence-corrected chi connectivity index (χ0v) is 20.8. The minimum absolute atomic E-state index is 0.544. The largest absolute Gasteiger partial charge is 0.256 e. The van der Waals surface area contributed by atoms with Crippen molar-refractivity contribution in [3.63, 3.8) is 0 Å². The van der Waals surface area contributed by atoms with Crippen LogP contribution in [0.15, 0.2) is 42.7 Å². The molecule has 0 aliphatic heterocycles. The number of rotatable bonds is 18. The maximum atomic E-state index is 2.52. The van der Waals surface area contributed by atoms with Gasteiger partial charge in [0.1, 0.15) is 12.4 Å². The Hall–Kier alpha value is -1.57. The van der Waals surface area contributed by atoms with Crippen LogP contribution in [0.3, 0.4) is 0 Å². The molecule has 2 nitrogen and oxygen atoms in total. The summed E-state index contributed by atoms with van der Waals surface area (Å²) in [6, 6.07) is 11.4. The summed E-state index contributed by atoms with van der Waals surface area (Å²) >= 11 is 0. The Labute approximate surface area is 193 Å². The monoisotopic (exact) mass is 425 g/mol. The van der Waals surface area contributed by atoms with E-state index in [0.29, 0.717) is 6.04 Å². The van der Waals surface area contributed by atoms with Crippen molar-refractivity contribution in [1.82, 2.24) is 4.57 Å². The van der Waals surface area contributed by atoms with Gasteiger partial charge in [0, 0.05) is 6.42 Å². The third kappa shape index (κ3) is 10.5. The van der Waals surface area contributed by atoms with Gasteiger partial charge in [0.15, 0.2) is 0 Å². The third-order valence-corrected chi connectivity index (χ3v) is 6.55. The third-order valence-electron chi connectivity index (χ3n) is 6.55. The molecule has 0 N–H and O–H groups in total. The van der Waals surface area contributed by atoms with E-state index in [1.807, 2.05) is 0 Å². The maximum absolute atomic E-state index is 2.52. The maximum Gasteiger partial charge on any atom is 0.256 e. The van der Waals surface area contributed by atoms with Crippen LogP contribution in [0.1, 0.15) is 122 Å². The summed E-state index contributed by atoms with van der Waals surface area (Å²) in [6.07, 6.45) is 25.2. The van der Waals surface area contributed by atoms with Gasteiger partial charge in [0.05, 0.1) is 12.6 Å². The first kappa shape index (κ1) is 25.7. The SMILES string of the molecule is CCCCCCCCCCCCCCc1n(C(C)C)cc[n+]1CCCc1ccccc1. The van der Waals surface area contributed by atoms with Gasteiger partial charge >= 0.3 is 0 Å². The van der Waals surface area contributed by atoms with Crippen molar-refractivity contribution >= 4 is 0 Å². The summed E-state index contributed by atoms with van der Waals surface area (Å²) in [6.45, 7) is 8.04. The molecule has 31 heavy (non-hydrogen) atoms. The van der Waals surface area contributed by atoms with E-state index < -0.39 is 0 Å². The average Bonchev–Trinajstić information content (AvgIpc) is 3.18. The summed E-state index contributed by atoms with van der Waals surface area (Å²) < 4.78 is 5.00. The molecule has 2 heteroatoms. The van der Waals surface area contributed by atoms with E-state index in [-0.39, 0.29) is 0 Å². The van der Waals surface area contributed by atoms with E-state index >= 15 is 0 Å². The van der Waals surface area contributed by atoms with Crippen molar-refractivity contribution in [2.45, 2.75) is 130 Å². The normalized spacial score (nSPS) is 11.5. The molecule has 174 valence electrons. The second-order valence-corrected chi connectivity index (χ2v) is 9.64. The van der Waals surface area contributed by atoms with Gasteiger partial charge in [-0.2, -0.15) is 0 Å². The van der Waals surface area contributed by atoms with E-state index in [0.717, 1.165) is 6.54 Å². The molecule has 2 aromatic rings. The molecule has 0 aliphatic carbocycles. The van der Waals surface area contributed by atoms with Gasteiger partial charge in [0.25, 0.3) is 5.82 Å². The second-order valence-electron chi connectivity index (χ2n) is 9.64. The summed E-state index contributed by atoms with van der Waals surface area (Å²) in [4.78, 5) is 0. The lowest BCUT2D eigenvalue weighted by atomic mass is 10.0. The Bertz CT molecular complexity index is 671. The van der Waals surface area contributed by atoms with Crippen molar-refractivity contribution < 1.29 is 4.57 Å². The van der Waals surface area contributed by atoms with Gasteiger partial charge in [-0.3, -0.25) is 0 Å². The summed E-state index contributed by atoms with van der Waals surface area (Å²) in [7, 11) is 0. The Morgan fingerprint density at radius 2 is 1.29 bits per heavy atom. The van der Waals surface area contributed by atoms with E-state index in [1.165, 1.54) is 108 Å². The average molecular weight is 426 g/mol. The lowest BCUT2D eigenvalue weighted by molar-refractivity contribution is -0.704. The number of benzene rings is 1. The summed E-state index contributed by atoms with van der Waals surface area (Å²) in [5.41, 5.74) is 1.45. The van der Waals surface area contributed by atoms with E-state index in [2.05, 4.69) is 72.6 Å². The number of hydrogen-bond acceptors (Lipinski definition) is 0. The summed E-state index contributed by atoms with van der Waals surface area (Å²) in [5, 5.41) is 0. The molecule has 0 saturated carbocycles. The number of hydrogen-bond donors (Lipinski definition) is 0. The molecule has 2 rings (SSSR count). The fourth-order valence-electron chi connectivity index (χ4n) is 4.64. The van der Waals surface area contributed by atoms with E-state index in [4.69, 9.17) is 0 Å². The van der Waals surface area contributed by atoms with Crippen LogP contribution in [0.4, 0.5) is 0 Å². The van der Waals surface area contributed by atoms with Crippen molar-refractivity contribution in [2.24, 2.45) is 0 Å². The van der Waals surface area contributed by atoms with Crippen LogP contribution in [-0.4, -0.2) is 4.57 Å². The van der Waals surface area contributed by atoms with Crippen LogP contribution in [0.25, 0.3) is 0 Å². The smallest absolute Gasteiger partial charge is 0.234 e. The highest BCUT2D eigenvalue weighted by Gasteiger charge is 2.18. The second kappa shape index (κ2) is 16.1. The lowest BCUT2D eigenvalue weighted by Gasteiger charge is -2.08. The minimum Gasteiger partial charge on any atom is -0.234 e. The van der Waals surface area contributed by atoms with Crippen LogP contribution < -0.4 is 4.57 Å². The fourth-order valence-corrected chi connectivity index (χ4v) is 4.64. The first-order valence-corrected chi connectivity index (χ1v) is 13.4. The lowest BCUT2D eigenvalue weighted by Crippen LogP contribution is -2.37. The van der Waals surface area contributed by atoms with Gasteiger partial charge in [-0.25, -0.2) is 9.13 Å². The molecule has 1 heterocycles. The Balaban J connectivity index is 1.63. The number of imidazole rings is 1. The van der Waals surface area contributed by atoms with Crippen molar-refractivity contribution in [3.8, 4) is 0 Å². The van der Waals surface area contributed by atoms with Crippen molar-refractivity contribution in [1.29, 1.82) is 0 Å². The van der Waals surface area contributed by atoms with Crippen LogP contribution in [0.2, 0.25) is 0 Å². The fraction of sp³-hybridized carbons (Fsp3) is 0.690. The molecule has 0 fully saturated rings.